The lowest BCUT2D eigenvalue weighted by molar-refractivity contribution is 0.342. The lowest BCUT2D eigenvalue weighted by Crippen LogP contribution is -2.31. The molecule has 1 aromatic carbocycles. The van der Waals surface area contributed by atoms with Gasteiger partial charge in [-0.2, -0.15) is 0 Å². The molecule has 2 nitrogen and oxygen atoms in total. The maximum atomic E-state index is 2.38. The first-order valence-electron chi connectivity index (χ1n) is 6.10. The van der Waals surface area contributed by atoms with Gasteiger partial charge in [-0.05, 0) is 39.1 Å². The van der Waals surface area contributed by atoms with Gasteiger partial charge in [-0.15, -0.1) is 0 Å². The Labute approximate surface area is 99.9 Å². The van der Waals surface area contributed by atoms with Crippen molar-refractivity contribution in [2.24, 2.45) is 0 Å². The van der Waals surface area contributed by atoms with Crippen molar-refractivity contribution in [2.45, 2.75) is 20.3 Å². The Morgan fingerprint density at radius 1 is 0.938 bits per heavy atom. The van der Waals surface area contributed by atoms with E-state index in [2.05, 4.69) is 62.0 Å². The first-order valence-corrected chi connectivity index (χ1v) is 6.10. The first-order chi connectivity index (χ1) is 7.63. The van der Waals surface area contributed by atoms with Gasteiger partial charge >= 0.3 is 0 Å². The van der Waals surface area contributed by atoms with E-state index < -0.39 is 0 Å². The number of hydrogen-bond donors (Lipinski definition) is 0. The number of hydrogen-bond acceptors (Lipinski definition) is 2. The molecule has 0 unspecified atom stereocenters. The zero-order valence-corrected chi connectivity index (χ0v) is 11.0. The van der Waals surface area contributed by atoms with Gasteiger partial charge in [0.1, 0.15) is 0 Å². The molecule has 0 amide bonds. The number of benzene rings is 1. The van der Waals surface area contributed by atoms with Crippen LogP contribution in [0.4, 0.5) is 5.69 Å². The van der Waals surface area contributed by atoms with Crippen LogP contribution in [0.3, 0.4) is 0 Å². The average Bonchev–Trinajstić information content (AvgIpc) is 2.27. The molecule has 0 aliphatic rings. The molecule has 0 heterocycles. The molecule has 90 valence electrons. The van der Waals surface area contributed by atoms with Gasteiger partial charge in [-0.1, -0.05) is 24.6 Å². The molecule has 2 heteroatoms. The lowest BCUT2D eigenvalue weighted by atomic mass is 10.2. The normalized spacial score (nSPS) is 10.8. The van der Waals surface area contributed by atoms with E-state index in [0.29, 0.717) is 0 Å². The summed E-state index contributed by atoms with van der Waals surface area (Å²) in [5, 5.41) is 0. The third-order valence-corrected chi connectivity index (χ3v) is 2.90. The molecule has 16 heavy (non-hydrogen) atoms. The molecule has 0 bridgehead atoms. The van der Waals surface area contributed by atoms with Crippen LogP contribution in [0.25, 0.3) is 0 Å². The standard InChI is InChI=1S/C14H24N2/c1-5-10-15(3)11-12-16(4)14-8-6-13(2)7-9-14/h6-9H,5,10-12H2,1-4H3. The van der Waals surface area contributed by atoms with Crippen molar-refractivity contribution in [3.8, 4) is 0 Å². The van der Waals surface area contributed by atoms with E-state index in [1.165, 1.54) is 24.2 Å². The molecule has 0 N–H and O–H groups in total. The summed E-state index contributed by atoms with van der Waals surface area (Å²) in [6.45, 7) is 7.73. The number of rotatable bonds is 6. The molecule has 0 aromatic heterocycles. The topological polar surface area (TPSA) is 6.48 Å². The Bertz CT molecular complexity index is 292. The summed E-state index contributed by atoms with van der Waals surface area (Å²) in [5.41, 5.74) is 2.62. The van der Waals surface area contributed by atoms with Crippen molar-refractivity contribution in [3.63, 3.8) is 0 Å². The predicted octanol–water partition coefficient (Wildman–Crippen LogP) is 2.77. The minimum Gasteiger partial charge on any atom is -0.373 e. The zero-order valence-electron chi connectivity index (χ0n) is 11.0. The summed E-state index contributed by atoms with van der Waals surface area (Å²) in [5.74, 6) is 0. The predicted molar refractivity (Wildman–Crippen MR) is 72.2 cm³/mol. The van der Waals surface area contributed by atoms with E-state index in [1.807, 2.05) is 0 Å². The average molecular weight is 220 g/mol. The van der Waals surface area contributed by atoms with Crippen LogP contribution in [0.2, 0.25) is 0 Å². The summed E-state index contributed by atoms with van der Waals surface area (Å²) in [6, 6.07) is 8.72. The third-order valence-electron chi connectivity index (χ3n) is 2.90. The van der Waals surface area contributed by atoms with E-state index in [4.69, 9.17) is 0 Å². The molecular weight excluding hydrogens is 196 g/mol. The molecule has 0 saturated carbocycles. The quantitative estimate of drug-likeness (QED) is 0.727. The summed E-state index contributed by atoms with van der Waals surface area (Å²) < 4.78 is 0. The van der Waals surface area contributed by atoms with Crippen LogP contribution in [0.15, 0.2) is 24.3 Å². The van der Waals surface area contributed by atoms with Crippen LogP contribution in [-0.2, 0) is 0 Å². The highest BCUT2D eigenvalue weighted by Gasteiger charge is 2.02. The van der Waals surface area contributed by atoms with Crippen molar-refractivity contribution in [1.82, 2.24) is 4.90 Å². The SMILES string of the molecule is CCCN(C)CCN(C)c1ccc(C)cc1. The second kappa shape index (κ2) is 6.54. The first kappa shape index (κ1) is 13.0. The number of aryl methyl sites for hydroxylation is 1. The second-order valence-electron chi connectivity index (χ2n) is 4.56. The van der Waals surface area contributed by atoms with Gasteiger partial charge in [0.05, 0.1) is 0 Å². The maximum Gasteiger partial charge on any atom is 0.0364 e. The van der Waals surface area contributed by atoms with Crippen LogP contribution in [0.1, 0.15) is 18.9 Å². The van der Waals surface area contributed by atoms with Crippen molar-refractivity contribution in [1.29, 1.82) is 0 Å². The van der Waals surface area contributed by atoms with Gasteiger partial charge in [0.25, 0.3) is 0 Å². The van der Waals surface area contributed by atoms with Crippen molar-refractivity contribution in [2.75, 3.05) is 38.6 Å². The fourth-order valence-electron chi connectivity index (χ4n) is 1.74. The Hall–Kier alpha value is -1.02. The minimum absolute atomic E-state index is 1.08. The molecular formula is C14H24N2. The lowest BCUT2D eigenvalue weighted by Gasteiger charge is -2.23. The highest BCUT2D eigenvalue weighted by molar-refractivity contribution is 5.46. The fourth-order valence-corrected chi connectivity index (χ4v) is 1.74. The maximum absolute atomic E-state index is 2.38. The highest BCUT2D eigenvalue weighted by Crippen LogP contribution is 2.12. The Morgan fingerprint density at radius 3 is 2.12 bits per heavy atom. The van der Waals surface area contributed by atoms with Crippen LogP contribution < -0.4 is 4.90 Å². The number of likely N-dealkylation sites (N-methyl/N-ethyl adjacent to an activating group) is 2. The van der Waals surface area contributed by atoms with Gasteiger partial charge in [0.15, 0.2) is 0 Å². The number of nitrogens with zero attached hydrogens (tertiary/aromatic N) is 2. The molecule has 0 saturated heterocycles. The Kier molecular flexibility index (Phi) is 5.33. The van der Waals surface area contributed by atoms with E-state index in [0.717, 1.165) is 13.1 Å². The van der Waals surface area contributed by atoms with Crippen LogP contribution >= 0.6 is 0 Å². The summed E-state index contributed by atoms with van der Waals surface area (Å²) in [6.07, 6.45) is 1.23. The van der Waals surface area contributed by atoms with Gasteiger partial charge < -0.3 is 9.80 Å². The van der Waals surface area contributed by atoms with Crippen molar-refractivity contribution < 1.29 is 0 Å². The van der Waals surface area contributed by atoms with E-state index in [-0.39, 0.29) is 0 Å². The molecule has 0 spiro atoms. The van der Waals surface area contributed by atoms with Gasteiger partial charge in [0, 0.05) is 25.8 Å². The van der Waals surface area contributed by atoms with Crippen LogP contribution in [0, 0.1) is 6.92 Å². The molecule has 1 rings (SSSR count). The fraction of sp³-hybridized carbons (Fsp3) is 0.571. The monoisotopic (exact) mass is 220 g/mol. The molecule has 0 atom stereocenters. The Balaban J connectivity index is 2.40. The molecule has 0 aliphatic carbocycles. The summed E-state index contributed by atoms with van der Waals surface area (Å²) in [4.78, 5) is 4.69. The number of anilines is 1. The largest absolute Gasteiger partial charge is 0.373 e. The Morgan fingerprint density at radius 2 is 1.56 bits per heavy atom. The molecule has 0 radical (unpaired) electrons. The van der Waals surface area contributed by atoms with Crippen LogP contribution in [-0.4, -0.2) is 38.6 Å². The van der Waals surface area contributed by atoms with Crippen molar-refractivity contribution >= 4 is 5.69 Å². The third kappa shape index (κ3) is 4.23. The smallest absolute Gasteiger partial charge is 0.0364 e. The van der Waals surface area contributed by atoms with Gasteiger partial charge in [0.2, 0.25) is 0 Å². The van der Waals surface area contributed by atoms with E-state index in [1.54, 1.807) is 0 Å². The summed E-state index contributed by atoms with van der Waals surface area (Å²) in [7, 11) is 4.34. The van der Waals surface area contributed by atoms with Gasteiger partial charge in [-0.3, -0.25) is 0 Å². The highest BCUT2D eigenvalue weighted by atomic mass is 15.2. The second-order valence-corrected chi connectivity index (χ2v) is 4.56. The van der Waals surface area contributed by atoms with Gasteiger partial charge in [-0.25, -0.2) is 0 Å². The molecule has 0 fully saturated rings. The summed E-state index contributed by atoms with van der Waals surface area (Å²) >= 11 is 0. The van der Waals surface area contributed by atoms with Crippen molar-refractivity contribution in [3.05, 3.63) is 29.8 Å². The molecule has 0 aliphatic heterocycles. The molecule has 1 aromatic rings. The van der Waals surface area contributed by atoms with E-state index in [9.17, 15) is 0 Å². The van der Waals surface area contributed by atoms with Crippen LogP contribution in [0.5, 0.6) is 0 Å². The van der Waals surface area contributed by atoms with E-state index >= 15 is 0 Å². The zero-order chi connectivity index (χ0) is 12.0. The minimum atomic E-state index is 1.08.